The van der Waals surface area contributed by atoms with Gasteiger partial charge in [0, 0.05) is 12.1 Å². The number of anilines is 1. The molecule has 52 heavy (non-hydrogen) atoms. The predicted octanol–water partition coefficient (Wildman–Crippen LogP) is 7.94. The van der Waals surface area contributed by atoms with Gasteiger partial charge < -0.3 is 24.9 Å². The van der Waals surface area contributed by atoms with Gasteiger partial charge >= 0.3 is 0 Å². The number of hydrogen-bond acceptors (Lipinski definition) is 9. The molecule has 0 bridgehead atoms. The van der Waals surface area contributed by atoms with E-state index >= 15 is 0 Å². The van der Waals surface area contributed by atoms with Gasteiger partial charge in [-0.25, -0.2) is 15.0 Å². The fourth-order valence-corrected chi connectivity index (χ4v) is 9.26. The van der Waals surface area contributed by atoms with Crippen LogP contribution in [0.4, 0.5) is 5.82 Å². The van der Waals surface area contributed by atoms with Crippen LogP contribution in [-0.2, 0) is 11.3 Å². The van der Waals surface area contributed by atoms with Crippen molar-refractivity contribution in [2.24, 2.45) is 11.8 Å². The van der Waals surface area contributed by atoms with Crippen molar-refractivity contribution in [3.05, 3.63) is 54.6 Å². The molecule has 4 aromatic rings. The molecule has 0 aliphatic carbocycles. The first-order valence-corrected chi connectivity index (χ1v) is 27.5. The third-order valence-corrected chi connectivity index (χ3v) is 23.6. The average Bonchev–Trinajstić information content (AvgIpc) is 3.73. The molecule has 0 spiro atoms. The van der Waals surface area contributed by atoms with Crippen LogP contribution in [0.3, 0.4) is 0 Å². The van der Waals surface area contributed by atoms with Crippen LogP contribution in [0, 0.1) is 11.8 Å². The molecular weight excluding hydrogens is 703 g/mol. The predicted molar refractivity (Wildman–Crippen MR) is 217 cm³/mol. The Morgan fingerprint density at radius 3 is 1.96 bits per heavy atom. The van der Waals surface area contributed by atoms with Crippen molar-refractivity contribution in [2.75, 3.05) is 5.73 Å². The molecule has 1 aliphatic heterocycles. The second-order valence-electron chi connectivity index (χ2n) is 18.8. The van der Waals surface area contributed by atoms with Crippen molar-refractivity contribution < 1.29 is 19.1 Å². The number of rotatable bonds is 14. The topological polar surface area (TPSA) is 157 Å². The van der Waals surface area contributed by atoms with Crippen molar-refractivity contribution >= 4 is 41.9 Å². The quantitative estimate of drug-likeness (QED) is 0.0936. The molecule has 1 unspecified atom stereocenters. The van der Waals surface area contributed by atoms with Gasteiger partial charge in [-0.3, -0.25) is 9.25 Å². The van der Waals surface area contributed by atoms with Gasteiger partial charge in [0.1, 0.15) is 11.7 Å². The molecule has 0 amide bonds. The normalized spacial score (nSPS) is 21.0. The number of hydrogen-bond donors (Lipinski definition) is 4. The summed E-state index contributed by atoms with van der Waals surface area (Å²) in [6.07, 6.45) is 7.95. The van der Waals surface area contributed by atoms with Crippen LogP contribution in [-0.4, -0.2) is 74.7 Å². The lowest BCUT2D eigenvalue weighted by atomic mass is 9.77. The molecule has 1 aliphatic rings. The Labute approximate surface area is 313 Å². The maximum Gasteiger partial charge on any atom is 0.188 e. The van der Waals surface area contributed by atoms with Crippen molar-refractivity contribution in [1.82, 2.24) is 29.3 Å². The maximum atomic E-state index is 11.6. The summed E-state index contributed by atoms with van der Waals surface area (Å²) < 4.78 is 11.1. The molecule has 5 rings (SSSR count). The summed E-state index contributed by atoms with van der Waals surface area (Å²) in [7, 11) is -7.71. The van der Waals surface area contributed by atoms with Gasteiger partial charge in [-0.05, 0) is 91.6 Å². The molecular formula is C38H63N7O4Si3. The van der Waals surface area contributed by atoms with Gasteiger partial charge in [0.2, 0.25) is 0 Å². The Morgan fingerprint density at radius 2 is 1.38 bits per heavy atom. The highest BCUT2D eigenvalue weighted by atomic mass is 28.4. The maximum absolute atomic E-state index is 11.6. The lowest BCUT2D eigenvalue weighted by Crippen LogP contribution is -2.44. The second-order valence-corrected chi connectivity index (χ2v) is 32.3. The number of imidazole rings is 1. The highest BCUT2D eigenvalue weighted by Crippen LogP contribution is 2.57. The molecule has 4 atom stereocenters. The van der Waals surface area contributed by atoms with E-state index in [0.29, 0.717) is 23.5 Å². The molecule has 0 saturated carbocycles. The molecule has 11 nitrogen and oxygen atoms in total. The number of nitrogens with zero attached hydrogens (tertiary/aromatic N) is 6. The summed E-state index contributed by atoms with van der Waals surface area (Å²) in [4.78, 5) is 48.8. The van der Waals surface area contributed by atoms with E-state index in [-0.39, 0.29) is 38.9 Å². The second kappa shape index (κ2) is 14.2. The summed E-state index contributed by atoms with van der Waals surface area (Å²) >= 11 is 0. The Balaban J connectivity index is 1.60. The largest absolute Gasteiger partial charge is 0.432 e. The van der Waals surface area contributed by atoms with Crippen molar-refractivity contribution in [1.29, 1.82) is 0 Å². The number of benzene rings is 1. The minimum Gasteiger partial charge on any atom is -0.432 e. The lowest BCUT2D eigenvalue weighted by molar-refractivity contribution is -0.0206. The molecule has 5 N–H and O–H groups in total. The molecule has 1 aromatic carbocycles. The first kappa shape index (κ1) is 40.5. The number of ether oxygens (including phenoxy) is 1. The van der Waals surface area contributed by atoms with Gasteiger partial charge in [-0.15, -0.1) is 0 Å². The monoisotopic (exact) mass is 765 g/mol. The first-order valence-electron chi connectivity index (χ1n) is 18.7. The summed E-state index contributed by atoms with van der Waals surface area (Å²) in [5.74, 6) is 0.792. The zero-order valence-corrected chi connectivity index (χ0v) is 36.5. The number of nitrogen functional groups attached to an aromatic ring is 1. The summed E-state index contributed by atoms with van der Waals surface area (Å²) in [5, 5.41) is 3.72. The van der Waals surface area contributed by atoms with Gasteiger partial charge in [-0.1, -0.05) is 71.9 Å². The average molecular weight is 766 g/mol. The summed E-state index contributed by atoms with van der Waals surface area (Å²) in [5.41, 5.74) is 9.58. The van der Waals surface area contributed by atoms with Crippen LogP contribution < -0.4 is 5.73 Å². The van der Waals surface area contributed by atoms with Crippen LogP contribution >= 0.6 is 0 Å². The van der Waals surface area contributed by atoms with Crippen LogP contribution in [0.1, 0.15) is 79.0 Å². The van der Waals surface area contributed by atoms with Crippen molar-refractivity contribution in [3.63, 3.8) is 0 Å². The van der Waals surface area contributed by atoms with E-state index in [4.69, 9.17) is 20.4 Å². The highest BCUT2D eigenvalue weighted by Gasteiger charge is 2.54. The molecule has 286 valence electrons. The Bertz CT molecular complexity index is 1840. The fraction of sp³-hybridized carbons (Fsp3) is 0.632. The van der Waals surface area contributed by atoms with Crippen LogP contribution in [0.25, 0.3) is 22.6 Å². The van der Waals surface area contributed by atoms with E-state index in [0.717, 1.165) is 36.8 Å². The number of fused-ring (bicyclic) bond motifs is 1. The van der Waals surface area contributed by atoms with E-state index in [1.54, 1.807) is 12.5 Å². The zero-order valence-electron chi connectivity index (χ0n) is 33.5. The van der Waals surface area contributed by atoms with Gasteiger partial charge in [0.05, 0.1) is 30.7 Å². The highest BCUT2D eigenvalue weighted by molar-refractivity contribution is 6.73. The van der Waals surface area contributed by atoms with E-state index in [1.807, 2.05) is 72.9 Å². The zero-order chi connectivity index (χ0) is 38.7. The van der Waals surface area contributed by atoms with Gasteiger partial charge in [0.15, 0.2) is 42.2 Å². The lowest BCUT2D eigenvalue weighted by Gasteiger charge is -2.43. The van der Waals surface area contributed by atoms with Crippen molar-refractivity contribution in [2.45, 2.75) is 140 Å². The molecule has 1 fully saturated rings. The van der Waals surface area contributed by atoms with Gasteiger partial charge in [0.25, 0.3) is 0 Å². The first-order chi connectivity index (χ1) is 23.8. The number of aromatic nitrogens is 6. The van der Waals surface area contributed by atoms with Crippen molar-refractivity contribution in [3.8, 4) is 11.4 Å². The van der Waals surface area contributed by atoms with Crippen LogP contribution in [0.5, 0.6) is 0 Å². The molecule has 14 heteroatoms. The molecule has 1 saturated heterocycles. The van der Waals surface area contributed by atoms with Gasteiger partial charge in [-0.2, -0.15) is 5.10 Å². The SMILES string of the molecule is CC(C)(CC[C@H]1OC(n2cnc3c(N)nc(-c4cnn(Cc5ccccc5)c4)nc32)[C@H](CC(C)(C)[Si](C)(C)O)[C@@H]1CC(C)(C)[Si](C)(C)O)[Si](C)(C)O. The molecule has 4 heterocycles. The van der Waals surface area contributed by atoms with E-state index < -0.39 is 31.2 Å². The minimum absolute atomic E-state index is 0.0253. The van der Waals surface area contributed by atoms with E-state index in [9.17, 15) is 14.4 Å². The fourth-order valence-electron chi connectivity index (χ4n) is 7.03. The standard InChI is InChI=1S/C38H63N7O4Si3/c1-36(2,50(7,8)46)19-18-30-28(20-37(3,4)51(9,10)47)29(21-38(5,6)52(11,12)48)35(49-30)45-25-40-31-32(39)42-33(43-34(31)45)27-22-41-44(24-27)23-26-16-14-13-15-17-26/h13-17,22,24-25,28-30,35,46-48H,18-21,23H2,1-12H3,(H2,39,42,43)/t28-,29+,30+,35?/m0/s1. The number of nitrogens with two attached hydrogens (primary N) is 1. The Kier molecular flexibility index (Phi) is 11.0. The van der Waals surface area contributed by atoms with Crippen LogP contribution in [0.2, 0.25) is 54.4 Å². The third kappa shape index (κ3) is 8.32. The summed E-state index contributed by atoms with van der Waals surface area (Å²) in [6.45, 7) is 25.8. The Morgan fingerprint density at radius 1 is 0.808 bits per heavy atom. The Hall–Kier alpha value is -2.73. The molecule has 3 aromatic heterocycles. The molecule has 0 radical (unpaired) electrons. The smallest absolute Gasteiger partial charge is 0.188 e. The summed E-state index contributed by atoms with van der Waals surface area (Å²) in [6, 6.07) is 10.2. The van der Waals surface area contributed by atoms with E-state index in [2.05, 4.69) is 63.8 Å². The third-order valence-electron chi connectivity index (χ3n) is 13.0. The van der Waals surface area contributed by atoms with Crippen LogP contribution in [0.15, 0.2) is 49.1 Å². The minimum atomic E-state index is -2.63. The van der Waals surface area contributed by atoms with E-state index in [1.165, 1.54) is 0 Å².